The SMILES string of the molecule is CCCOc1cccc(C(=O)NC(CC(=O)OC)c2ccc(OC)c(OC)c2)c1. The van der Waals surface area contributed by atoms with E-state index in [0.29, 0.717) is 35.0 Å². The van der Waals surface area contributed by atoms with Crippen LogP contribution in [-0.2, 0) is 9.53 Å². The van der Waals surface area contributed by atoms with Crippen LogP contribution in [0.2, 0.25) is 0 Å². The molecule has 7 heteroatoms. The molecule has 1 unspecified atom stereocenters. The first-order chi connectivity index (χ1) is 14.0. The summed E-state index contributed by atoms with van der Waals surface area (Å²) < 4.78 is 21.0. The Morgan fingerprint density at radius 1 is 1.00 bits per heavy atom. The lowest BCUT2D eigenvalue weighted by molar-refractivity contribution is -0.141. The van der Waals surface area contributed by atoms with Gasteiger partial charge in [-0.1, -0.05) is 19.1 Å². The molecule has 29 heavy (non-hydrogen) atoms. The molecule has 0 heterocycles. The molecule has 0 fully saturated rings. The Balaban J connectivity index is 2.27. The average Bonchev–Trinajstić information content (AvgIpc) is 2.76. The van der Waals surface area contributed by atoms with E-state index in [-0.39, 0.29) is 12.3 Å². The Bertz CT molecular complexity index is 836. The number of ether oxygens (including phenoxy) is 4. The molecule has 1 N–H and O–H groups in total. The van der Waals surface area contributed by atoms with Crippen molar-refractivity contribution in [3.8, 4) is 17.2 Å². The van der Waals surface area contributed by atoms with Crippen molar-refractivity contribution in [2.24, 2.45) is 0 Å². The van der Waals surface area contributed by atoms with Gasteiger partial charge >= 0.3 is 5.97 Å². The lowest BCUT2D eigenvalue weighted by Gasteiger charge is -2.20. The van der Waals surface area contributed by atoms with Crippen molar-refractivity contribution in [2.45, 2.75) is 25.8 Å². The minimum absolute atomic E-state index is 0.0241. The molecule has 0 radical (unpaired) electrons. The maximum atomic E-state index is 12.8. The number of nitrogens with one attached hydrogen (secondary N) is 1. The molecule has 0 spiro atoms. The number of hydrogen-bond donors (Lipinski definition) is 1. The second kappa shape index (κ2) is 10.9. The number of carbonyl (C=O) groups excluding carboxylic acids is 2. The van der Waals surface area contributed by atoms with E-state index in [1.54, 1.807) is 49.6 Å². The van der Waals surface area contributed by atoms with E-state index < -0.39 is 12.0 Å². The van der Waals surface area contributed by atoms with Crippen LogP contribution in [0.4, 0.5) is 0 Å². The Morgan fingerprint density at radius 3 is 2.41 bits per heavy atom. The normalized spacial score (nSPS) is 11.3. The van der Waals surface area contributed by atoms with Gasteiger partial charge in [0.15, 0.2) is 11.5 Å². The van der Waals surface area contributed by atoms with Gasteiger partial charge in [-0.25, -0.2) is 0 Å². The van der Waals surface area contributed by atoms with Gasteiger partial charge in [-0.3, -0.25) is 9.59 Å². The van der Waals surface area contributed by atoms with Crippen LogP contribution < -0.4 is 19.5 Å². The first-order valence-corrected chi connectivity index (χ1v) is 9.34. The summed E-state index contributed by atoms with van der Waals surface area (Å²) in [5.41, 5.74) is 1.13. The molecule has 1 atom stereocenters. The second-order valence-corrected chi connectivity index (χ2v) is 6.30. The molecule has 2 aromatic rings. The topological polar surface area (TPSA) is 83.1 Å². The first kappa shape index (κ1) is 22.1. The van der Waals surface area contributed by atoms with Crippen LogP contribution >= 0.6 is 0 Å². The lowest BCUT2D eigenvalue weighted by Crippen LogP contribution is -2.30. The molecule has 1 amide bonds. The molecule has 0 aliphatic rings. The summed E-state index contributed by atoms with van der Waals surface area (Å²) >= 11 is 0. The van der Waals surface area contributed by atoms with Gasteiger partial charge in [-0.05, 0) is 42.3 Å². The van der Waals surface area contributed by atoms with Gasteiger partial charge in [-0.2, -0.15) is 0 Å². The molecule has 0 aliphatic carbocycles. The average molecular weight is 401 g/mol. The third kappa shape index (κ3) is 6.14. The zero-order valence-electron chi connectivity index (χ0n) is 17.2. The van der Waals surface area contributed by atoms with Crippen molar-refractivity contribution in [3.63, 3.8) is 0 Å². The minimum Gasteiger partial charge on any atom is -0.494 e. The lowest BCUT2D eigenvalue weighted by atomic mass is 10.0. The van der Waals surface area contributed by atoms with Crippen LogP contribution in [0.5, 0.6) is 17.2 Å². The molecule has 0 aliphatic heterocycles. The summed E-state index contributed by atoms with van der Waals surface area (Å²) in [4.78, 5) is 24.7. The standard InChI is InChI=1S/C22H27NO6/c1-5-11-29-17-8-6-7-16(12-17)22(25)23-18(14-21(24)28-4)15-9-10-19(26-2)20(13-15)27-3/h6-10,12-13,18H,5,11,14H2,1-4H3,(H,23,25). The first-order valence-electron chi connectivity index (χ1n) is 9.34. The van der Waals surface area contributed by atoms with Gasteiger partial charge in [0.1, 0.15) is 5.75 Å². The third-order valence-electron chi connectivity index (χ3n) is 4.28. The van der Waals surface area contributed by atoms with Gasteiger partial charge in [0.2, 0.25) is 0 Å². The fourth-order valence-corrected chi connectivity index (χ4v) is 2.76. The molecule has 0 saturated heterocycles. The Morgan fingerprint density at radius 2 is 1.76 bits per heavy atom. The molecule has 0 saturated carbocycles. The van der Waals surface area contributed by atoms with Gasteiger partial charge in [-0.15, -0.1) is 0 Å². The number of hydrogen-bond acceptors (Lipinski definition) is 6. The van der Waals surface area contributed by atoms with Gasteiger partial charge in [0, 0.05) is 5.56 Å². The third-order valence-corrected chi connectivity index (χ3v) is 4.28. The highest BCUT2D eigenvalue weighted by Gasteiger charge is 2.21. The van der Waals surface area contributed by atoms with E-state index >= 15 is 0 Å². The highest BCUT2D eigenvalue weighted by Crippen LogP contribution is 2.31. The second-order valence-electron chi connectivity index (χ2n) is 6.30. The molecule has 7 nitrogen and oxygen atoms in total. The van der Waals surface area contributed by atoms with E-state index in [2.05, 4.69) is 5.32 Å². The molecule has 0 bridgehead atoms. The smallest absolute Gasteiger partial charge is 0.307 e. The highest BCUT2D eigenvalue weighted by atomic mass is 16.5. The molecule has 2 aromatic carbocycles. The Labute approximate surface area is 170 Å². The number of carbonyl (C=O) groups is 2. The zero-order chi connectivity index (χ0) is 21.2. The number of amides is 1. The number of methoxy groups -OCH3 is 3. The van der Waals surface area contributed by atoms with Crippen LogP contribution in [0.15, 0.2) is 42.5 Å². The maximum absolute atomic E-state index is 12.8. The maximum Gasteiger partial charge on any atom is 0.307 e. The fourth-order valence-electron chi connectivity index (χ4n) is 2.76. The predicted molar refractivity (Wildman–Crippen MR) is 109 cm³/mol. The summed E-state index contributed by atoms with van der Waals surface area (Å²) in [7, 11) is 4.38. The largest absolute Gasteiger partial charge is 0.494 e. The summed E-state index contributed by atoms with van der Waals surface area (Å²) in [5.74, 6) is 0.917. The van der Waals surface area contributed by atoms with Gasteiger partial charge in [0.05, 0.1) is 40.4 Å². The van der Waals surface area contributed by atoms with Crippen molar-refractivity contribution in [1.82, 2.24) is 5.32 Å². The summed E-state index contributed by atoms with van der Waals surface area (Å²) in [5, 5.41) is 2.90. The van der Waals surface area contributed by atoms with Crippen LogP contribution in [0, 0.1) is 0 Å². The molecular formula is C22H27NO6. The Kier molecular flexibility index (Phi) is 8.33. The summed E-state index contributed by atoms with van der Waals surface area (Å²) in [6.45, 7) is 2.58. The fraction of sp³-hybridized carbons (Fsp3) is 0.364. The summed E-state index contributed by atoms with van der Waals surface area (Å²) in [6.07, 6.45) is 0.848. The predicted octanol–water partition coefficient (Wildman–Crippen LogP) is 3.53. The van der Waals surface area contributed by atoms with Gasteiger partial charge in [0.25, 0.3) is 5.91 Å². The Hall–Kier alpha value is -3.22. The molecule has 156 valence electrons. The van der Waals surface area contributed by atoms with E-state index in [4.69, 9.17) is 18.9 Å². The van der Waals surface area contributed by atoms with Crippen molar-refractivity contribution < 1.29 is 28.5 Å². The quantitative estimate of drug-likeness (QED) is 0.613. The van der Waals surface area contributed by atoms with E-state index in [0.717, 1.165) is 6.42 Å². The van der Waals surface area contributed by atoms with Crippen LogP contribution in [0.1, 0.15) is 41.7 Å². The van der Waals surface area contributed by atoms with Crippen molar-refractivity contribution >= 4 is 11.9 Å². The monoisotopic (exact) mass is 401 g/mol. The van der Waals surface area contributed by atoms with E-state index in [9.17, 15) is 9.59 Å². The van der Waals surface area contributed by atoms with Crippen molar-refractivity contribution in [2.75, 3.05) is 27.9 Å². The number of rotatable bonds is 10. The minimum atomic E-state index is -0.602. The zero-order valence-corrected chi connectivity index (χ0v) is 17.2. The highest BCUT2D eigenvalue weighted by molar-refractivity contribution is 5.95. The van der Waals surface area contributed by atoms with E-state index in [1.807, 2.05) is 6.92 Å². The molecule has 2 rings (SSSR count). The summed E-state index contributed by atoms with van der Waals surface area (Å²) in [6, 6.07) is 11.5. The van der Waals surface area contributed by atoms with Crippen LogP contribution in [-0.4, -0.2) is 39.8 Å². The van der Waals surface area contributed by atoms with Crippen LogP contribution in [0.3, 0.4) is 0 Å². The van der Waals surface area contributed by atoms with Gasteiger partial charge < -0.3 is 24.3 Å². The van der Waals surface area contributed by atoms with Crippen molar-refractivity contribution in [3.05, 3.63) is 53.6 Å². The van der Waals surface area contributed by atoms with E-state index in [1.165, 1.54) is 14.2 Å². The molecule has 0 aromatic heterocycles. The van der Waals surface area contributed by atoms with Crippen molar-refractivity contribution in [1.29, 1.82) is 0 Å². The van der Waals surface area contributed by atoms with Crippen LogP contribution in [0.25, 0.3) is 0 Å². The molecular weight excluding hydrogens is 374 g/mol. The number of benzene rings is 2. The number of esters is 1.